The molecule has 1 aliphatic rings. The van der Waals surface area contributed by atoms with E-state index in [0.717, 1.165) is 18.0 Å². The van der Waals surface area contributed by atoms with Crippen LogP contribution in [0.1, 0.15) is 50.7 Å². The number of hydrogen-bond acceptors (Lipinski definition) is 4. The highest BCUT2D eigenvalue weighted by Gasteiger charge is 2.31. The Kier molecular flexibility index (Phi) is 4.27. The molecule has 0 unspecified atom stereocenters. The Hall–Kier alpha value is -1.69. The number of carbonyl (C=O) groups is 1. The molecule has 3 rings (SSSR count). The molecule has 124 valence electrons. The lowest BCUT2D eigenvalue weighted by molar-refractivity contribution is -0.118. The van der Waals surface area contributed by atoms with Crippen LogP contribution in [0.4, 0.5) is 5.13 Å². The number of aryl methyl sites for hydroxylation is 1. The van der Waals surface area contributed by atoms with Gasteiger partial charge in [-0.1, -0.05) is 20.8 Å². The lowest BCUT2D eigenvalue weighted by atomic mass is 9.73. The van der Waals surface area contributed by atoms with Gasteiger partial charge in [0.15, 0.2) is 5.13 Å². The summed E-state index contributed by atoms with van der Waals surface area (Å²) in [5.74, 6) is 0.630. The predicted molar refractivity (Wildman–Crippen MR) is 92.7 cm³/mol. The van der Waals surface area contributed by atoms with Crippen LogP contribution in [0.3, 0.4) is 0 Å². The van der Waals surface area contributed by atoms with Crippen molar-refractivity contribution in [2.75, 3.05) is 5.32 Å². The molecule has 0 saturated heterocycles. The van der Waals surface area contributed by atoms with E-state index in [9.17, 15) is 4.79 Å². The maximum atomic E-state index is 12.4. The van der Waals surface area contributed by atoms with Crippen molar-refractivity contribution < 1.29 is 4.79 Å². The Morgan fingerprint density at radius 2 is 2.26 bits per heavy atom. The first-order valence-corrected chi connectivity index (χ1v) is 8.93. The molecule has 2 aromatic rings. The second kappa shape index (κ2) is 6.07. The van der Waals surface area contributed by atoms with Gasteiger partial charge in [-0.3, -0.25) is 4.79 Å². The minimum atomic E-state index is -0.291. The lowest BCUT2D eigenvalue weighted by Gasteiger charge is -2.33. The van der Waals surface area contributed by atoms with E-state index in [1.54, 1.807) is 34.6 Å². The number of amides is 1. The second-order valence-corrected chi connectivity index (χ2v) is 8.45. The number of carbonyl (C=O) groups excluding carboxylic acids is 1. The summed E-state index contributed by atoms with van der Waals surface area (Å²) in [5, 5.41) is 3.68. The first-order valence-electron chi connectivity index (χ1n) is 8.11. The highest BCUT2D eigenvalue weighted by atomic mass is 32.1. The summed E-state index contributed by atoms with van der Waals surface area (Å²) < 4.78 is 1.79. The summed E-state index contributed by atoms with van der Waals surface area (Å²) >= 11 is 1.63. The summed E-state index contributed by atoms with van der Waals surface area (Å²) in [6.07, 6.45) is 8.40. The number of hydrogen-bond donors (Lipinski definition) is 1. The topological polar surface area (TPSA) is 59.8 Å². The summed E-state index contributed by atoms with van der Waals surface area (Å²) in [6.45, 7) is 8.78. The highest BCUT2D eigenvalue weighted by Crippen LogP contribution is 2.40. The minimum absolute atomic E-state index is 0.0542. The van der Waals surface area contributed by atoms with Crippen molar-refractivity contribution in [3.8, 4) is 0 Å². The van der Waals surface area contributed by atoms with Crippen LogP contribution in [0.5, 0.6) is 0 Å². The molecule has 0 radical (unpaired) electrons. The smallest absolute Gasteiger partial charge is 0.248 e. The Bertz CT molecular complexity index is 684. The molecule has 0 fully saturated rings. The Morgan fingerprint density at radius 1 is 1.48 bits per heavy atom. The molecule has 0 saturated carbocycles. The van der Waals surface area contributed by atoms with E-state index < -0.39 is 0 Å². The monoisotopic (exact) mass is 332 g/mol. The zero-order valence-electron chi connectivity index (χ0n) is 14.2. The molecule has 0 aliphatic heterocycles. The van der Waals surface area contributed by atoms with E-state index in [4.69, 9.17) is 0 Å². The quantitative estimate of drug-likeness (QED) is 0.932. The fraction of sp³-hybridized carbons (Fsp3) is 0.588. The number of nitrogens with one attached hydrogen (secondary N) is 1. The number of rotatable bonds is 3. The van der Waals surface area contributed by atoms with E-state index in [1.807, 2.05) is 6.92 Å². The molecule has 23 heavy (non-hydrogen) atoms. The van der Waals surface area contributed by atoms with Crippen molar-refractivity contribution >= 4 is 22.4 Å². The van der Waals surface area contributed by atoms with Crippen LogP contribution in [-0.2, 0) is 17.6 Å². The van der Waals surface area contributed by atoms with Gasteiger partial charge in [0, 0.05) is 17.3 Å². The van der Waals surface area contributed by atoms with Crippen LogP contribution in [0.25, 0.3) is 0 Å². The number of nitrogens with zero attached hydrogens (tertiary/aromatic N) is 3. The molecule has 0 spiro atoms. The zero-order chi connectivity index (χ0) is 16.6. The molecule has 2 heterocycles. The second-order valence-electron chi connectivity index (χ2n) is 7.37. The summed E-state index contributed by atoms with van der Waals surface area (Å²) in [4.78, 5) is 22.3. The van der Waals surface area contributed by atoms with Gasteiger partial charge in [-0.05, 0) is 37.5 Å². The van der Waals surface area contributed by atoms with Gasteiger partial charge in [0.25, 0.3) is 0 Å². The Labute approximate surface area is 141 Å². The minimum Gasteiger partial charge on any atom is -0.325 e. The molecule has 5 nitrogen and oxygen atoms in total. The molecule has 2 aromatic heterocycles. The Balaban J connectivity index is 1.69. The van der Waals surface area contributed by atoms with Gasteiger partial charge in [-0.15, -0.1) is 11.3 Å². The molecular formula is C17H24N4OS. The van der Waals surface area contributed by atoms with Crippen LogP contribution < -0.4 is 5.32 Å². The zero-order valence-corrected chi connectivity index (χ0v) is 15.0. The molecule has 1 amide bonds. The molecule has 1 aliphatic carbocycles. The van der Waals surface area contributed by atoms with Gasteiger partial charge in [0.05, 0.1) is 12.0 Å². The Morgan fingerprint density at radius 3 is 2.91 bits per heavy atom. The van der Waals surface area contributed by atoms with E-state index >= 15 is 0 Å². The van der Waals surface area contributed by atoms with Crippen molar-refractivity contribution in [2.24, 2.45) is 11.3 Å². The summed E-state index contributed by atoms with van der Waals surface area (Å²) in [5.41, 5.74) is 1.49. The number of aromatic nitrogens is 3. The van der Waals surface area contributed by atoms with Crippen LogP contribution in [-0.4, -0.2) is 20.4 Å². The van der Waals surface area contributed by atoms with E-state index in [2.05, 4.69) is 36.1 Å². The third-order valence-electron chi connectivity index (χ3n) is 4.75. The first-order chi connectivity index (χ1) is 10.8. The molecule has 0 aromatic carbocycles. The van der Waals surface area contributed by atoms with Crippen molar-refractivity contribution in [3.05, 3.63) is 29.3 Å². The maximum absolute atomic E-state index is 12.4. The van der Waals surface area contributed by atoms with Crippen molar-refractivity contribution in [3.63, 3.8) is 0 Å². The van der Waals surface area contributed by atoms with Crippen molar-refractivity contribution in [2.45, 2.75) is 53.0 Å². The van der Waals surface area contributed by atoms with Crippen LogP contribution in [0, 0.1) is 11.3 Å². The number of anilines is 1. The number of fused-ring (bicyclic) bond motifs is 1. The summed E-state index contributed by atoms with van der Waals surface area (Å²) in [6, 6.07) is -0.291. The first kappa shape index (κ1) is 16.2. The van der Waals surface area contributed by atoms with Crippen LogP contribution in [0.15, 0.2) is 18.7 Å². The van der Waals surface area contributed by atoms with Gasteiger partial charge < -0.3 is 9.88 Å². The van der Waals surface area contributed by atoms with Crippen LogP contribution >= 0.6 is 11.3 Å². The average molecular weight is 332 g/mol. The van der Waals surface area contributed by atoms with Gasteiger partial charge >= 0.3 is 0 Å². The molecule has 1 N–H and O–H groups in total. The van der Waals surface area contributed by atoms with E-state index in [-0.39, 0.29) is 11.9 Å². The molecule has 0 bridgehead atoms. The molecule has 6 heteroatoms. The summed E-state index contributed by atoms with van der Waals surface area (Å²) in [7, 11) is 0. The van der Waals surface area contributed by atoms with E-state index in [1.165, 1.54) is 17.0 Å². The van der Waals surface area contributed by atoms with Crippen molar-refractivity contribution in [1.29, 1.82) is 0 Å². The average Bonchev–Trinajstić information content (AvgIpc) is 3.13. The fourth-order valence-corrected chi connectivity index (χ4v) is 4.10. The lowest BCUT2D eigenvalue weighted by Crippen LogP contribution is -2.26. The SMILES string of the molecule is C[C@H](C(=O)Nc1nc2c(s1)C[C@H](C(C)(C)C)CC2)n1ccnc1. The highest BCUT2D eigenvalue weighted by molar-refractivity contribution is 7.15. The number of thiazole rings is 1. The maximum Gasteiger partial charge on any atom is 0.248 e. The third-order valence-corrected chi connectivity index (χ3v) is 5.78. The molecular weight excluding hydrogens is 308 g/mol. The van der Waals surface area contributed by atoms with Crippen LogP contribution in [0.2, 0.25) is 0 Å². The van der Waals surface area contributed by atoms with Gasteiger partial charge in [0.1, 0.15) is 6.04 Å². The van der Waals surface area contributed by atoms with Gasteiger partial charge in [0.2, 0.25) is 5.91 Å². The predicted octanol–water partition coefficient (Wildman–Crippen LogP) is 3.69. The van der Waals surface area contributed by atoms with E-state index in [0.29, 0.717) is 11.3 Å². The normalized spacial score (nSPS) is 19.2. The van der Waals surface area contributed by atoms with Gasteiger partial charge in [-0.2, -0.15) is 0 Å². The largest absolute Gasteiger partial charge is 0.325 e. The number of imidazole rings is 1. The fourth-order valence-electron chi connectivity index (χ4n) is 3.01. The van der Waals surface area contributed by atoms with Crippen molar-refractivity contribution in [1.82, 2.24) is 14.5 Å². The van der Waals surface area contributed by atoms with Gasteiger partial charge in [-0.25, -0.2) is 9.97 Å². The molecule has 2 atom stereocenters. The third kappa shape index (κ3) is 3.47. The standard InChI is InChI=1S/C17H24N4OS/c1-11(21-8-7-18-10-21)15(22)20-16-19-13-6-5-12(17(2,3)4)9-14(13)23-16/h7-8,10-12H,5-6,9H2,1-4H3,(H,19,20,22)/t11-,12-/m1/s1.